The second-order valence-corrected chi connectivity index (χ2v) is 3.73. The van der Waals surface area contributed by atoms with Crippen LogP contribution in [0.5, 0.6) is 17.2 Å². The third-order valence-corrected chi connectivity index (χ3v) is 2.39. The van der Waals surface area contributed by atoms with Gasteiger partial charge in [-0.3, -0.25) is 4.79 Å². The first-order valence-electron chi connectivity index (χ1n) is 6.40. The third kappa shape index (κ3) is 4.31. The van der Waals surface area contributed by atoms with Gasteiger partial charge in [0.05, 0.1) is 5.56 Å². The molecule has 4 nitrogen and oxygen atoms in total. The first kappa shape index (κ1) is 15.6. The van der Waals surface area contributed by atoms with Crippen molar-refractivity contribution in [3.05, 3.63) is 54.1 Å². The minimum atomic E-state index is -0.351. The number of rotatable bonds is 4. The summed E-state index contributed by atoms with van der Waals surface area (Å²) in [6, 6.07) is 12.8. The van der Waals surface area contributed by atoms with Crippen LogP contribution in [0, 0.1) is 0 Å². The summed E-state index contributed by atoms with van der Waals surface area (Å²) in [5.41, 5.74) is 0.128. The van der Waals surface area contributed by atoms with Crippen molar-refractivity contribution in [2.75, 3.05) is 6.61 Å². The Bertz CT molecular complexity index is 550. The molecule has 0 aromatic heterocycles. The minimum absolute atomic E-state index is 0.0898. The number of phenolic OH excluding ortho intramolecular Hbond substituents is 2. The molecule has 2 N–H and O–H groups in total. The van der Waals surface area contributed by atoms with Gasteiger partial charge in [0.25, 0.3) is 0 Å². The Hall–Kier alpha value is -2.49. The highest BCUT2D eigenvalue weighted by Crippen LogP contribution is 2.23. The Morgan fingerprint density at radius 3 is 2.30 bits per heavy atom. The van der Waals surface area contributed by atoms with E-state index in [-0.39, 0.29) is 29.5 Å². The molecule has 0 heterocycles. The first-order chi connectivity index (χ1) is 9.66. The minimum Gasteiger partial charge on any atom is -0.508 e. The average molecular weight is 274 g/mol. The monoisotopic (exact) mass is 274 g/mol. The Morgan fingerprint density at radius 2 is 1.70 bits per heavy atom. The van der Waals surface area contributed by atoms with Gasteiger partial charge in [0, 0.05) is 6.07 Å². The number of hydrogen-bond acceptors (Lipinski definition) is 4. The van der Waals surface area contributed by atoms with Crippen molar-refractivity contribution in [2.45, 2.75) is 13.8 Å². The van der Waals surface area contributed by atoms with E-state index >= 15 is 0 Å². The molecule has 0 radical (unpaired) electrons. The van der Waals surface area contributed by atoms with E-state index in [9.17, 15) is 9.90 Å². The van der Waals surface area contributed by atoms with E-state index in [1.54, 1.807) is 24.3 Å². The normalized spacial score (nSPS) is 9.30. The summed E-state index contributed by atoms with van der Waals surface area (Å²) in [5.74, 6) is -0.106. The summed E-state index contributed by atoms with van der Waals surface area (Å²) in [6.45, 7) is 3.84. The second kappa shape index (κ2) is 7.84. The van der Waals surface area contributed by atoms with E-state index < -0.39 is 0 Å². The lowest BCUT2D eigenvalue weighted by Gasteiger charge is -2.06. The Morgan fingerprint density at radius 1 is 1.05 bits per heavy atom. The molecule has 106 valence electrons. The van der Waals surface area contributed by atoms with Crippen molar-refractivity contribution in [1.29, 1.82) is 0 Å². The molecule has 0 aliphatic heterocycles. The van der Waals surface area contributed by atoms with Crippen molar-refractivity contribution >= 4 is 5.78 Å². The fraction of sp³-hybridized carbons (Fsp3) is 0.188. The Balaban J connectivity index is 0.000000956. The van der Waals surface area contributed by atoms with Crippen LogP contribution in [0.15, 0.2) is 48.5 Å². The highest BCUT2D eigenvalue weighted by molar-refractivity contribution is 5.99. The number of carbonyl (C=O) groups is 1. The van der Waals surface area contributed by atoms with Gasteiger partial charge in [0.1, 0.15) is 17.2 Å². The highest BCUT2D eigenvalue weighted by Gasteiger charge is 2.12. The zero-order valence-corrected chi connectivity index (χ0v) is 11.5. The molecule has 0 saturated heterocycles. The van der Waals surface area contributed by atoms with E-state index in [1.807, 2.05) is 19.9 Å². The van der Waals surface area contributed by atoms with E-state index in [2.05, 4.69) is 0 Å². The lowest BCUT2D eigenvalue weighted by molar-refractivity contribution is 0.0919. The first-order valence-corrected chi connectivity index (χ1v) is 6.40. The van der Waals surface area contributed by atoms with Crippen LogP contribution in [-0.4, -0.2) is 22.6 Å². The Kier molecular flexibility index (Phi) is 6.10. The highest BCUT2D eigenvalue weighted by atomic mass is 16.5. The maximum atomic E-state index is 11.8. The third-order valence-electron chi connectivity index (χ3n) is 2.39. The maximum absolute atomic E-state index is 11.8. The summed E-state index contributed by atoms with van der Waals surface area (Å²) in [7, 11) is 0. The fourth-order valence-electron chi connectivity index (χ4n) is 1.50. The largest absolute Gasteiger partial charge is 0.508 e. The van der Waals surface area contributed by atoms with Gasteiger partial charge in [-0.05, 0) is 24.3 Å². The van der Waals surface area contributed by atoms with Crippen molar-refractivity contribution < 1.29 is 19.7 Å². The maximum Gasteiger partial charge on any atom is 0.203 e. The molecule has 2 aromatic carbocycles. The average Bonchev–Trinajstić information content (AvgIpc) is 2.48. The lowest BCUT2D eigenvalue weighted by atomic mass is 10.1. The molecule has 0 aliphatic rings. The van der Waals surface area contributed by atoms with Crippen molar-refractivity contribution in [3.8, 4) is 17.2 Å². The van der Waals surface area contributed by atoms with Gasteiger partial charge in [0.2, 0.25) is 5.78 Å². The molecular formula is C16H18O4. The van der Waals surface area contributed by atoms with Crippen LogP contribution in [-0.2, 0) is 0 Å². The van der Waals surface area contributed by atoms with Crippen LogP contribution in [0.4, 0.5) is 0 Å². The predicted molar refractivity (Wildman–Crippen MR) is 77.4 cm³/mol. The summed E-state index contributed by atoms with van der Waals surface area (Å²) in [6.07, 6.45) is 0. The quantitative estimate of drug-likeness (QED) is 0.839. The number of para-hydroxylation sites is 1. The lowest BCUT2D eigenvalue weighted by Crippen LogP contribution is -2.11. The van der Waals surface area contributed by atoms with Crippen LogP contribution < -0.4 is 4.74 Å². The molecule has 0 saturated carbocycles. The van der Waals surface area contributed by atoms with Gasteiger partial charge in [-0.2, -0.15) is 0 Å². The van der Waals surface area contributed by atoms with Crippen LogP contribution in [0.25, 0.3) is 0 Å². The fourth-order valence-corrected chi connectivity index (χ4v) is 1.50. The molecule has 0 aliphatic carbocycles. The van der Waals surface area contributed by atoms with E-state index in [0.717, 1.165) is 6.07 Å². The molecular weight excluding hydrogens is 256 g/mol. The molecule has 2 aromatic rings. The number of hydrogen-bond donors (Lipinski definition) is 2. The van der Waals surface area contributed by atoms with Crippen LogP contribution in [0.1, 0.15) is 24.2 Å². The molecule has 0 bridgehead atoms. The zero-order chi connectivity index (χ0) is 15.0. The van der Waals surface area contributed by atoms with E-state index in [0.29, 0.717) is 5.75 Å². The number of ether oxygens (including phenoxy) is 1. The van der Waals surface area contributed by atoms with Gasteiger partial charge >= 0.3 is 0 Å². The van der Waals surface area contributed by atoms with Crippen LogP contribution in [0.3, 0.4) is 0 Å². The summed E-state index contributed by atoms with van der Waals surface area (Å²) >= 11 is 0. The molecule has 20 heavy (non-hydrogen) atoms. The molecule has 0 unspecified atom stereocenters. The van der Waals surface area contributed by atoms with Gasteiger partial charge < -0.3 is 14.9 Å². The van der Waals surface area contributed by atoms with Crippen molar-refractivity contribution in [2.24, 2.45) is 0 Å². The van der Waals surface area contributed by atoms with Gasteiger partial charge in [0.15, 0.2) is 6.61 Å². The SMILES string of the molecule is CC.O=C(COc1ccccc1)c1ccc(O)cc1O. The number of benzene rings is 2. The zero-order valence-electron chi connectivity index (χ0n) is 11.5. The molecule has 0 amide bonds. The van der Waals surface area contributed by atoms with Crippen LogP contribution >= 0.6 is 0 Å². The van der Waals surface area contributed by atoms with Crippen LogP contribution in [0.2, 0.25) is 0 Å². The second-order valence-electron chi connectivity index (χ2n) is 3.73. The molecule has 0 atom stereocenters. The number of Topliss-reactive ketones (excluding diaryl/α,β-unsaturated/α-hetero) is 1. The predicted octanol–water partition coefficient (Wildman–Crippen LogP) is 3.39. The van der Waals surface area contributed by atoms with Crippen molar-refractivity contribution in [3.63, 3.8) is 0 Å². The summed E-state index contributed by atoms with van der Waals surface area (Å²) in [4.78, 5) is 11.8. The van der Waals surface area contributed by atoms with Crippen molar-refractivity contribution in [1.82, 2.24) is 0 Å². The number of phenols is 2. The van der Waals surface area contributed by atoms with Gasteiger partial charge in [-0.25, -0.2) is 0 Å². The standard InChI is InChI=1S/C14H12O4.C2H6/c15-10-6-7-12(13(16)8-10)14(17)9-18-11-4-2-1-3-5-11;1-2/h1-8,15-16H,9H2;1-2H3. The number of ketones is 1. The van der Waals surface area contributed by atoms with Gasteiger partial charge in [-0.1, -0.05) is 32.0 Å². The topological polar surface area (TPSA) is 66.8 Å². The molecule has 0 fully saturated rings. The summed E-state index contributed by atoms with van der Waals surface area (Å²) in [5, 5.41) is 18.6. The smallest absolute Gasteiger partial charge is 0.203 e. The molecule has 2 rings (SSSR count). The van der Waals surface area contributed by atoms with E-state index in [4.69, 9.17) is 9.84 Å². The number of carbonyl (C=O) groups excluding carboxylic acids is 1. The molecule has 4 heteroatoms. The number of aromatic hydroxyl groups is 2. The van der Waals surface area contributed by atoms with E-state index in [1.165, 1.54) is 12.1 Å². The Labute approximate surface area is 118 Å². The molecule has 0 spiro atoms. The van der Waals surface area contributed by atoms with Gasteiger partial charge in [-0.15, -0.1) is 0 Å². The summed E-state index contributed by atoms with van der Waals surface area (Å²) < 4.78 is 5.28.